The lowest BCUT2D eigenvalue weighted by molar-refractivity contribution is -0.137. The molecule has 1 aliphatic carbocycles. The van der Waals surface area contributed by atoms with E-state index in [1.165, 1.54) is 38.2 Å². The molecule has 0 spiro atoms. The summed E-state index contributed by atoms with van der Waals surface area (Å²) in [5.41, 5.74) is 0. The highest BCUT2D eigenvalue weighted by molar-refractivity contribution is 8.02. The first-order valence-electron chi connectivity index (χ1n) is 5.31. The monoisotopic (exact) mass is 214 g/mol. The number of carbonyl (C=O) groups excluding carboxylic acids is 1. The average Bonchev–Trinajstić information content (AvgIpc) is 2.20. The van der Waals surface area contributed by atoms with E-state index in [0.717, 1.165) is 5.25 Å². The van der Waals surface area contributed by atoms with Gasteiger partial charge in [0.25, 0.3) is 0 Å². The average molecular weight is 214 g/mol. The lowest BCUT2D eigenvalue weighted by Crippen LogP contribution is -2.06. The van der Waals surface area contributed by atoms with Gasteiger partial charge in [0.15, 0.2) is 0 Å². The van der Waals surface area contributed by atoms with Crippen LogP contribution in [0.1, 0.15) is 39.0 Å². The summed E-state index contributed by atoms with van der Waals surface area (Å²) in [5.74, 6) is -0.226. The quantitative estimate of drug-likeness (QED) is 0.531. The van der Waals surface area contributed by atoms with Crippen molar-refractivity contribution in [3.05, 3.63) is 11.5 Å². The molecule has 0 aromatic rings. The Morgan fingerprint density at radius 3 is 2.79 bits per heavy atom. The van der Waals surface area contributed by atoms with E-state index in [2.05, 4.69) is 0 Å². The lowest BCUT2D eigenvalue weighted by atomic mass is 10.0. The van der Waals surface area contributed by atoms with Gasteiger partial charge in [0.05, 0.1) is 6.61 Å². The maximum absolute atomic E-state index is 11.0. The van der Waals surface area contributed by atoms with Crippen molar-refractivity contribution in [1.29, 1.82) is 0 Å². The molecule has 0 radical (unpaired) electrons. The fraction of sp³-hybridized carbons (Fsp3) is 0.727. The Morgan fingerprint density at radius 1 is 1.43 bits per heavy atom. The molecule has 3 heteroatoms. The van der Waals surface area contributed by atoms with Crippen molar-refractivity contribution in [3.8, 4) is 0 Å². The third kappa shape index (κ3) is 4.70. The van der Waals surface area contributed by atoms with Gasteiger partial charge in [-0.2, -0.15) is 0 Å². The zero-order valence-corrected chi connectivity index (χ0v) is 9.52. The van der Waals surface area contributed by atoms with Crippen LogP contribution in [0.2, 0.25) is 0 Å². The molecule has 0 aromatic heterocycles. The highest BCUT2D eigenvalue weighted by Gasteiger charge is 2.11. The number of ether oxygens (including phenoxy) is 1. The summed E-state index contributed by atoms with van der Waals surface area (Å²) in [5, 5.41) is 2.60. The predicted molar refractivity (Wildman–Crippen MR) is 60.2 cm³/mol. The molecular weight excluding hydrogens is 196 g/mol. The van der Waals surface area contributed by atoms with Gasteiger partial charge in [-0.1, -0.05) is 19.3 Å². The Hall–Kier alpha value is -0.440. The summed E-state index contributed by atoms with van der Waals surface area (Å²) in [4.78, 5) is 11.0. The molecule has 0 heterocycles. The third-order valence-electron chi connectivity index (χ3n) is 2.31. The molecule has 14 heavy (non-hydrogen) atoms. The number of thioether (sulfide) groups is 1. The lowest BCUT2D eigenvalue weighted by Gasteiger charge is -2.18. The van der Waals surface area contributed by atoms with Gasteiger partial charge in [-0.25, -0.2) is 4.79 Å². The third-order valence-corrected chi connectivity index (χ3v) is 3.46. The summed E-state index contributed by atoms with van der Waals surface area (Å²) in [6, 6.07) is 0. The van der Waals surface area contributed by atoms with Crippen molar-refractivity contribution in [2.45, 2.75) is 44.3 Å². The Balaban J connectivity index is 2.14. The van der Waals surface area contributed by atoms with Crippen molar-refractivity contribution < 1.29 is 9.53 Å². The first kappa shape index (κ1) is 11.6. The van der Waals surface area contributed by atoms with E-state index in [-0.39, 0.29) is 5.97 Å². The Bertz CT molecular complexity index is 195. The smallest absolute Gasteiger partial charge is 0.331 e. The van der Waals surface area contributed by atoms with Crippen molar-refractivity contribution in [3.63, 3.8) is 0 Å². The van der Waals surface area contributed by atoms with Gasteiger partial charge in [-0.05, 0) is 25.2 Å². The molecule has 1 aliphatic rings. The second-order valence-electron chi connectivity index (χ2n) is 3.45. The second-order valence-corrected chi connectivity index (χ2v) is 4.66. The molecule has 0 unspecified atom stereocenters. The van der Waals surface area contributed by atoms with E-state index in [1.54, 1.807) is 11.8 Å². The van der Waals surface area contributed by atoms with Gasteiger partial charge >= 0.3 is 5.97 Å². The van der Waals surface area contributed by atoms with Crippen LogP contribution < -0.4 is 0 Å². The van der Waals surface area contributed by atoms with Gasteiger partial charge in [0.2, 0.25) is 0 Å². The normalized spacial score (nSPS) is 18.6. The van der Waals surface area contributed by atoms with Crippen LogP contribution in [0.15, 0.2) is 11.5 Å². The van der Waals surface area contributed by atoms with Crippen LogP contribution in [0.3, 0.4) is 0 Å². The number of carbonyl (C=O) groups is 1. The van der Waals surface area contributed by atoms with E-state index in [4.69, 9.17) is 4.74 Å². The van der Waals surface area contributed by atoms with Crippen LogP contribution in [0.4, 0.5) is 0 Å². The van der Waals surface area contributed by atoms with Crippen LogP contribution in [-0.2, 0) is 9.53 Å². The van der Waals surface area contributed by atoms with Gasteiger partial charge in [-0.15, -0.1) is 11.8 Å². The standard InChI is InChI=1S/C11H18O2S/c1-2-13-11(12)8-9-14-10-6-4-3-5-7-10/h8-10H,2-7H2,1H3/b9-8-. The number of rotatable bonds is 4. The van der Waals surface area contributed by atoms with Crippen molar-refractivity contribution >= 4 is 17.7 Å². The first-order valence-corrected chi connectivity index (χ1v) is 6.26. The highest BCUT2D eigenvalue weighted by Crippen LogP contribution is 2.28. The molecule has 1 rings (SSSR count). The van der Waals surface area contributed by atoms with E-state index in [0.29, 0.717) is 6.61 Å². The van der Waals surface area contributed by atoms with Crippen LogP contribution in [0.5, 0.6) is 0 Å². The van der Waals surface area contributed by atoms with Crippen LogP contribution in [-0.4, -0.2) is 17.8 Å². The summed E-state index contributed by atoms with van der Waals surface area (Å²) in [7, 11) is 0. The molecule has 0 saturated heterocycles. The summed E-state index contributed by atoms with van der Waals surface area (Å²) in [6.45, 7) is 2.28. The molecule has 0 atom stereocenters. The zero-order chi connectivity index (χ0) is 10.2. The SMILES string of the molecule is CCOC(=O)/C=C\SC1CCCCC1. The van der Waals surface area contributed by atoms with Crippen molar-refractivity contribution in [2.75, 3.05) is 6.61 Å². The van der Waals surface area contributed by atoms with Gasteiger partial charge < -0.3 is 4.74 Å². The minimum atomic E-state index is -0.226. The van der Waals surface area contributed by atoms with Crippen molar-refractivity contribution in [2.24, 2.45) is 0 Å². The van der Waals surface area contributed by atoms with E-state index >= 15 is 0 Å². The first-order chi connectivity index (χ1) is 6.83. The molecule has 0 amide bonds. The predicted octanol–water partition coefficient (Wildman–Crippen LogP) is 3.13. The summed E-state index contributed by atoms with van der Waals surface area (Å²) in [6.07, 6.45) is 8.16. The van der Waals surface area contributed by atoms with Crippen LogP contribution >= 0.6 is 11.8 Å². The van der Waals surface area contributed by atoms with E-state index in [9.17, 15) is 4.79 Å². The topological polar surface area (TPSA) is 26.3 Å². The van der Waals surface area contributed by atoms with E-state index in [1.807, 2.05) is 12.3 Å². The fourth-order valence-electron chi connectivity index (χ4n) is 1.60. The van der Waals surface area contributed by atoms with Crippen molar-refractivity contribution in [1.82, 2.24) is 0 Å². The molecule has 2 nitrogen and oxygen atoms in total. The van der Waals surface area contributed by atoms with Gasteiger partial charge in [-0.3, -0.25) is 0 Å². The molecular formula is C11H18O2S. The van der Waals surface area contributed by atoms with Crippen LogP contribution in [0.25, 0.3) is 0 Å². The molecule has 80 valence electrons. The maximum atomic E-state index is 11.0. The maximum Gasteiger partial charge on any atom is 0.331 e. The minimum absolute atomic E-state index is 0.226. The second kappa shape index (κ2) is 6.93. The van der Waals surface area contributed by atoms with Gasteiger partial charge in [0.1, 0.15) is 0 Å². The Kier molecular flexibility index (Phi) is 5.76. The molecule has 0 N–H and O–H groups in total. The number of esters is 1. The largest absolute Gasteiger partial charge is 0.463 e. The highest BCUT2D eigenvalue weighted by atomic mass is 32.2. The Morgan fingerprint density at radius 2 is 2.14 bits per heavy atom. The molecule has 0 aliphatic heterocycles. The number of hydrogen-bond donors (Lipinski definition) is 0. The number of hydrogen-bond acceptors (Lipinski definition) is 3. The molecule has 1 saturated carbocycles. The van der Waals surface area contributed by atoms with E-state index < -0.39 is 0 Å². The van der Waals surface area contributed by atoms with Gasteiger partial charge in [0, 0.05) is 11.3 Å². The van der Waals surface area contributed by atoms with Crippen LogP contribution in [0, 0.1) is 0 Å². The summed E-state index contributed by atoms with van der Waals surface area (Å²) < 4.78 is 4.79. The zero-order valence-electron chi connectivity index (χ0n) is 8.70. The fourth-order valence-corrected chi connectivity index (χ4v) is 2.61. The molecule has 0 aromatic carbocycles. The Labute approximate surface area is 90.1 Å². The summed E-state index contributed by atoms with van der Waals surface area (Å²) >= 11 is 1.77. The molecule has 0 bridgehead atoms. The minimum Gasteiger partial charge on any atom is -0.463 e. The molecule has 1 fully saturated rings.